The highest BCUT2D eigenvalue weighted by Gasteiger charge is 2.25. The summed E-state index contributed by atoms with van der Waals surface area (Å²) < 4.78 is 0. The molecule has 0 bridgehead atoms. The normalized spacial score (nSPS) is 14.3. The van der Waals surface area contributed by atoms with Crippen molar-refractivity contribution in [1.82, 2.24) is 5.32 Å². The van der Waals surface area contributed by atoms with Crippen molar-refractivity contribution in [3.63, 3.8) is 0 Å². The van der Waals surface area contributed by atoms with Gasteiger partial charge in [-0.15, -0.1) is 0 Å². The summed E-state index contributed by atoms with van der Waals surface area (Å²) in [6.07, 6.45) is -0.432. The van der Waals surface area contributed by atoms with E-state index in [4.69, 9.17) is 27.4 Å². The van der Waals surface area contributed by atoms with Crippen LogP contribution in [0.5, 0.6) is 0 Å². The second-order valence-electron chi connectivity index (χ2n) is 5.11. The first-order valence-corrected chi connectivity index (χ1v) is 6.76. The Hall–Kier alpha value is -2.46. The Morgan fingerprint density at radius 2 is 1.57 bits per heavy atom. The van der Waals surface area contributed by atoms with Crippen LogP contribution >= 0.6 is 0 Å². The van der Waals surface area contributed by atoms with Gasteiger partial charge >= 0.3 is 11.9 Å². The lowest BCUT2D eigenvalue weighted by atomic mass is 10.0. The van der Waals surface area contributed by atoms with Gasteiger partial charge < -0.3 is 32.7 Å². The van der Waals surface area contributed by atoms with Crippen LogP contribution in [0.15, 0.2) is 12.2 Å². The van der Waals surface area contributed by atoms with Crippen molar-refractivity contribution in [1.29, 1.82) is 0 Å². The number of hydrogen-bond acceptors (Lipinski definition) is 6. The monoisotopic (exact) mass is 330 g/mol. The van der Waals surface area contributed by atoms with Crippen LogP contribution in [0.25, 0.3) is 0 Å². The van der Waals surface area contributed by atoms with Gasteiger partial charge in [0.15, 0.2) is 0 Å². The molecule has 0 radical (unpaired) electrons. The lowest BCUT2D eigenvalue weighted by Crippen LogP contribution is -2.48. The molecule has 0 aromatic heterocycles. The molecule has 10 nitrogen and oxygen atoms in total. The molecule has 130 valence electrons. The molecule has 10 heteroatoms. The van der Waals surface area contributed by atoms with Crippen molar-refractivity contribution in [2.75, 3.05) is 0 Å². The van der Waals surface area contributed by atoms with Gasteiger partial charge in [0.1, 0.15) is 12.1 Å². The molecule has 2 amide bonds. The van der Waals surface area contributed by atoms with Crippen LogP contribution in [0.1, 0.15) is 25.7 Å². The molecule has 0 aliphatic carbocycles. The number of rotatable bonds is 11. The van der Waals surface area contributed by atoms with E-state index in [1.54, 1.807) is 0 Å². The van der Waals surface area contributed by atoms with Crippen molar-refractivity contribution in [2.24, 2.45) is 17.2 Å². The van der Waals surface area contributed by atoms with Crippen LogP contribution in [-0.2, 0) is 19.2 Å². The lowest BCUT2D eigenvalue weighted by molar-refractivity contribution is -0.142. The van der Waals surface area contributed by atoms with Crippen molar-refractivity contribution < 1.29 is 29.4 Å². The molecule has 0 heterocycles. The molecule has 2 unspecified atom stereocenters. The van der Waals surface area contributed by atoms with Crippen LogP contribution in [0.3, 0.4) is 0 Å². The summed E-state index contributed by atoms with van der Waals surface area (Å²) in [5, 5.41) is 20.0. The number of primary amides is 1. The average molecular weight is 330 g/mol. The number of hydrogen-bond donors (Lipinski definition) is 6. The maximum Gasteiger partial charge on any atom is 0.326 e. The van der Waals surface area contributed by atoms with Gasteiger partial charge in [-0.25, -0.2) is 4.79 Å². The van der Waals surface area contributed by atoms with Crippen molar-refractivity contribution in [3.8, 4) is 0 Å². The Labute approximate surface area is 132 Å². The highest BCUT2D eigenvalue weighted by atomic mass is 16.4. The minimum Gasteiger partial charge on any atom is -0.480 e. The fraction of sp³-hybridized carbons (Fsp3) is 0.538. The Morgan fingerprint density at radius 3 is 2.00 bits per heavy atom. The predicted octanol–water partition coefficient (Wildman–Crippen LogP) is -2.10. The molecule has 23 heavy (non-hydrogen) atoms. The van der Waals surface area contributed by atoms with E-state index in [0.717, 1.165) is 0 Å². The minimum atomic E-state index is -1.33. The number of aliphatic carboxylic acids is 2. The Morgan fingerprint density at radius 1 is 1.00 bits per heavy atom. The minimum absolute atomic E-state index is 0.0155. The van der Waals surface area contributed by atoms with Gasteiger partial charge in [0.05, 0.1) is 6.04 Å². The smallest absolute Gasteiger partial charge is 0.326 e. The molecule has 0 aliphatic rings. The summed E-state index contributed by atoms with van der Waals surface area (Å²) in [6, 6.07) is -3.61. The number of nitrogens with two attached hydrogens (primary N) is 3. The highest BCUT2D eigenvalue weighted by molar-refractivity contribution is 5.87. The lowest BCUT2D eigenvalue weighted by Gasteiger charge is -2.19. The maximum absolute atomic E-state index is 11.8. The highest BCUT2D eigenvalue weighted by Crippen LogP contribution is 2.11. The number of carbonyl (C=O) groups is 4. The Bertz CT molecular complexity index is 493. The van der Waals surface area contributed by atoms with Crippen LogP contribution in [0.2, 0.25) is 0 Å². The number of amides is 2. The number of carboxylic acids is 2. The van der Waals surface area contributed by atoms with Crippen LogP contribution in [0, 0.1) is 0 Å². The van der Waals surface area contributed by atoms with Crippen LogP contribution in [0.4, 0.5) is 0 Å². The molecule has 9 N–H and O–H groups in total. The largest absolute Gasteiger partial charge is 0.480 e. The van der Waals surface area contributed by atoms with Crippen molar-refractivity contribution >= 4 is 23.8 Å². The molecule has 0 saturated carbocycles. The number of carboxylic acid groups (broad SMARTS) is 2. The van der Waals surface area contributed by atoms with Gasteiger partial charge in [0.25, 0.3) is 0 Å². The quantitative estimate of drug-likeness (QED) is 0.231. The second kappa shape index (κ2) is 9.54. The summed E-state index contributed by atoms with van der Waals surface area (Å²) in [6.45, 7) is 3.56. The van der Waals surface area contributed by atoms with E-state index < -0.39 is 41.9 Å². The zero-order chi connectivity index (χ0) is 18.2. The van der Waals surface area contributed by atoms with Gasteiger partial charge in [-0.1, -0.05) is 12.2 Å². The fourth-order valence-corrected chi connectivity index (χ4v) is 1.68. The summed E-state index contributed by atoms with van der Waals surface area (Å²) >= 11 is 0. The molecule has 0 aliphatic heterocycles. The molecular weight excluding hydrogens is 308 g/mol. The molecule has 0 spiro atoms. The van der Waals surface area contributed by atoms with E-state index in [-0.39, 0.29) is 31.3 Å². The molecule has 3 atom stereocenters. The number of carbonyl (C=O) groups excluding carboxylic acids is 2. The average Bonchev–Trinajstić information content (AvgIpc) is 2.43. The van der Waals surface area contributed by atoms with Gasteiger partial charge in [0, 0.05) is 6.42 Å². The van der Waals surface area contributed by atoms with E-state index in [0.29, 0.717) is 0 Å². The van der Waals surface area contributed by atoms with E-state index >= 15 is 0 Å². The third-order valence-electron chi connectivity index (χ3n) is 2.97. The van der Waals surface area contributed by atoms with E-state index in [1.807, 2.05) is 0 Å². The van der Waals surface area contributed by atoms with Crippen molar-refractivity contribution in [2.45, 2.75) is 43.8 Å². The maximum atomic E-state index is 11.8. The topological polar surface area (TPSA) is 199 Å². The standard InChI is InChI=1S/C13H22N4O6/c1-6(4-8(15)12(20)21)5-9(13(22)23)17-11(19)7(14)2-3-10(16)18/h7-9H,1-5,14-15H2,(H2,16,18)(H,17,19)(H,20,21)(H,22,23)/t7-,8?,9?/m1/s1. The zero-order valence-electron chi connectivity index (χ0n) is 12.5. The van der Waals surface area contributed by atoms with Crippen LogP contribution in [-0.4, -0.2) is 52.1 Å². The Balaban J connectivity index is 4.59. The summed E-state index contributed by atoms with van der Waals surface area (Å²) in [5.41, 5.74) is 16.1. The van der Waals surface area contributed by atoms with Crippen LogP contribution < -0.4 is 22.5 Å². The van der Waals surface area contributed by atoms with E-state index in [9.17, 15) is 19.2 Å². The second-order valence-corrected chi connectivity index (χ2v) is 5.11. The summed E-state index contributed by atoms with van der Waals surface area (Å²) in [4.78, 5) is 44.2. The zero-order valence-corrected chi connectivity index (χ0v) is 12.5. The molecule has 0 aromatic carbocycles. The molecular formula is C13H22N4O6. The predicted molar refractivity (Wildman–Crippen MR) is 80.0 cm³/mol. The molecule has 0 saturated heterocycles. The molecule has 0 aromatic rings. The van der Waals surface area contributed by atoms with Gasteiger partial charge in [-0.05, 0) is 19.3 Å². The molecule has 0 rings (SSSR count). The van der Waals surface area contributed by atoms with Crippen molar-refractivity contribution in [3.05, 3.63) is 12.2 Å². The first-order valence-electron chi connectivity index (χ1n) is 6.76. The van der Waals surface area contributed by atoms with Gasteiger partial charge in [-0.2, -0.15) is 0 Å². The third-order valence-corrected chi connectivity index (χ3v) is 2.97. The first-order chi connectivity index (χ1) is 10.5. The van der Waals surface area contributed by atoms with E-state index in [1.165, 1.54) is 0 Å². The van der Waals surface area contributed by atoms with Gasteiger partial charge in [0.2, 0.25) is 11.8 Å². The summed E-state index contributed by atoms with van der Waals surface area (Å²) in [5.74, 6) is -3.95. The third kappa shape index (κ3) is 8.53. The Kier molecular flexibility index (Phi) is 8.52. The first kappa shape index (κ1) is 20.5. The summed E-state index contributed by atoms with van der Waals surface area (Å²) in [7, 11) is 0. The SMILES string of the molecule is C=C(CC(N)C(=O)O)CC(NC(=O)[C@H](N)CCC(N)=O)C(=O)O. The van der Waals surface area contributed by atoms with Gasteiger partial charge in [-0.3, -0.25) is 14.4 Å². The number of nitrogens with one attached hydrogen (secondary N) is 1. The van der Waals surface area contributed by atoms with E-state index in [2.05, 4.69) is 11.9 Å². The fourth-order valence-electron chi connectivity index (χ4n) is 1.68. The molecule has 0 fully saturated rings.